The van der Waals surface area contributed by atoms with E-state index in [2.05, 4.69) is 20.6 Å². The Kier molecular flexibility index (Phi) is 5.04. The van der Waals surface area contributed by atoms with Gasteiger partial charge < -0.3 is 5.32 Å². The third-order valence-electron chi connectivity index (χ3n) is 2.08. The van der Waals surface area contributed by atoms with Crippen molar-refractivity contribution in [2.75, 3.05) is 11.9 Å². The number of carbonyl (C=O) groups excluding carboxylic acids is 1. The van der Waals surface area contributed by atoms with Crippen molar-refractivity contribution in [3.05, 3.63) is 16.9 Å². The first kappa shape index (κ1) is 14.9. The zero-order valence-corrected chi connectivity index (χ0v) is 11.9. The molecule has 1 rings (SSSR count). The number of carbonyl (C=O) groups is 1. The summed E-state index contributed by atoms with van der Waals surface area (Å²) in [6, 6.07) is 1.64. The van der Waals surface area contributed by atoms with Crippen LogP contribution >= 0.6 is 11.6 Å². The average molecular weight is 271 g/mol. The molecule has 0 radical (unpaired) electrons. The Hall–Kier alpha value is -1.20. The van der Waals surface area contributed by atoms with E-state index in [1.54, 1.807) is 13.0 Å². The number of aryl methyl sites for hydroxylation is 1. The Bertz CT molecular complexity index is 408. The fourth-order valence-electron chi connectivity index (χ4n) is 1.32. The molecule has 0 bridgehead atoms. The first-order chi connectivity index (χ1) is 8.26. The van der Waals surface area contributed by atoms with E-state index in [0.717, 1.165) is 5.69 Å². The van der Waals surface area contributed by atoms with Gasteiger partial charge in [0.05, 0.1) is 0 Å². The quantitative estimate of drug-likeness (QED) is 0.823. The Labute approximate surface area is 112 Å². The first-order valence-electron chi connectivity index (χ1n) is 5.82. The van der Waals surface area contributed by atoms with E-state index in [0.29, 0.717) is 18.1 Å². The fourth-order valence-corrected chi connectivity index (χ4v) is 1.56. The minimum Gasteiger partial charge on any atom is -0.312 e. The molecule has 0 unspecified atom stereocenters. The van der Waals surface area contributed by atoms with Crippen molar-refractivity contribution in [3.8, 4) is 0 Å². The van der Waals surface area contributed by atoms with Gasteiger partial charge in [-0.05, 0) is 33.8 Å². The normalized spacial score (nSPS) is 11.4. The highest BCUT2D eigenvalue weighted by molar-refractivity contribution is 6.29. The van der Waals surface area contributed by atoms with Gasteiger partial charge in [-0.2, -0.15) is 0 Å². The summed E-state index contributed by atoms with van der Waals surface area (Å²) in [4.78, 5) is 19.7. The van der Waals surface area contributed by atoms with Crippen molar-refractivity contribution in [2.45, 2.75) is 39.7 Å². The topological polar surface area (TPSA) is 66.9 Å². The summed E-state index contributed by atoms with van der Waals surface area (Å²) in [6.07, 6.45) is 0.367. The molecule has 1 amide bonds. The second-order valence-electron chi connectivity index (χ2n) is 5.13. The number of nitrogens with one attached hydrogen (secondary N) is 2. The monoisotopic (exact) mass is 270 g/mol. The molecule has 1 heterocycles. The lowest BCUT2D eigenvalue weighted by Crippen LogP contribution is -2.37. The van der Waals surface area contributed by atoms with Crippen molar-refractivity contribution in [1.29, 1.82) is 0 Å². The highest BCUT2D eigenvalue weighted by atomic mass is 35.5. The van der Waals surface area contributed by atoms with Gasteiger partial charge in [0.2, 0.25) is 11.9 Å². The number of hydrogen-bond acceptors (Lipinski definition) is 4. The molecule has 5 nitrogen and oxygen atoms in total. The lowest BCUT2D eigenvalue weighted by molar-refractivity contribution is -0.116. The van der Waals surface area contributed by atoms with Gasteiger partial charge in [-0.25, -0.2) is 9.97 Å². The molecule has 18 heavy (non-hydrogen) atoms. The number of rotatable bonds is 4. The van der Waals surface area contributed by atoms with Crippen LogP contribution in [-0.2, 0) is 4.79 Å². The van der Waals surface area contributed by atoms with Crippen LogP contribution in [0.25, 0.3) is 0 Å². The molecule has 0 atom stereocenters. The molecule has 6 heteroatoms. The zero-order valence-electron chi connectivity index (χ0n) is 11.2. The molecule has 0 aliphatic carbocycles. The van der Waals surface area contributed by atoms with Crippen LogP contribution < -0.4 is 10.6 Å². The van der Waals surface area contributed by atoms with Gasteiger partial charge in [0.1, 0.15) is 5.15 Å². The number of nitrogens with zero attached hydrogens (tertiary/aromatic N) is 2. The first-order valence-corrected chi connectivity index (χ1v) is 6.20. The van der Waals surface area contributed by atoms with E-state index in [4.69, 9.17) is 11.6 Å². The fraction of sp³-hybridized carbons (Fsp3) is 0.583. The van der Waals surface area contributed by atoms with E-state index in [-0.39, 0.29) is 17.4 Å². The Morgan fingerprint density at radius 3 is 2.61 bits per heavy atom. The summed E-state index contributed by atoms with van der Waals surface area (Å²) in [5.41, 5.74) is 0.724. The second-order valence-corrected chi connectivity index (χ2v) is 5.52. The Balaban J connectivity index is 2.45. The van der Waals surface area contributed by atoms with E-state index in [1.165, 1.54) is 0 Å². The van der Waals surface area contributed by atoms with Crippen LogP contribution in [0.5, 0.6) is 0 Å². The Morgan fingerprint density at radius 1 is 1.39 bits per heavy atom. The minimum absolute atomic E-state index is 0.00340. The van der Waals surface area contributed by atoms with Gasteiger partial charge in [-0.15, -0.1) is 0 Å². The molecular formula is C12H19ClN4O. The van der Waals surface area contributed by atoms with E-state index >= 15 is 0 Å². The highest BCUT2D eigenvalue weighted by Crippen LogP contribution is 2.09. The summed E-state index contributed by atoms with van der Waals surface area (Å²) in [5.74, 6) is 0.120. The smallest absolute Gasteiger partial charge is 0.231 e. The van der Waals surface area contributed by atoms with Crippen molar-refractivity contribution >= 4 is 23.5 Å². The Morgan fingerprint density at radius 2 is 2.06 bits per heavy atom. The molecule has 0 aliphatic heterocycles. The maximum atomic E-state index is 11.6. The minimum atomic E-state index is -0.131. The third kappa shape index (κ3) is 5.93. The lowest BCUT2D eigenvalue weighted by Gasteiger charge is -2.20. The SMILES string of the molecule is Cc1cc(Cl)nc(NC(=O)CCNC(C)(C)C)n1. The number of halogens is 1. The van der Waals surface area contributed by atoms with E-state index in [1.807, 2.05) is 20.8 Å². The largest absolute Gasteiger partial charge is 0.312 e. The van der Waals surface area contributed by atoms with Crippen LogP contribution in [0.15, 0.2) is 6.07 Å². The molecule has 2 N–H and O–H groups in total. The van der Waals surface area contributed by atoms with Crippen molar-refractivity contribution in [2.24, 2.45) is 0 Å². The summed E-state index contributed by atoms with van der Waals surface area (Å²) in [7, 11) is 0. The molecule has 0 saturated heterocycles. The van der Waals surface area contributed by atoms with Gasteiger partial charge in [-0.1, -0.05) is 11.6 Å². The standard InChI is InChI=1S/C12H19ClN4O/c1-8-7-9(13)16-11(15-8)17-10(18)5-6-14-12(2,3)4/h7,14H,5-6H2,1-4H3,(H,15,16,17,18). The molecule has 0 saturated carbocycles. The molecule has 1 aromatic rings. The van der Waals surface area contributed by atoms with Crippen LogP contribution in [0.4, 0.5) is 5.95 Å². The van der Waals surface area contributed by atoms with E-state index in [9.17, 15) is 4.79 Å². The summed E-state index contributed by atoms with van der Waals surface area (Å²) >= 11 is 5.78. The molecular weight excluding hydrogens is 252 g/mol. The van der Waals surface area contributed by atoms with Gasteiger partial charge in [0.25, 0.3) is 0 Å². The summed E-state index contributed by atoms with van der Waals surface area (Å²) < 4.78 is 0. The maximum Gasteiger partial charge on any atom is 0.231 e. The maximum absolute atomic E-state index is 11.6. The summed E-state index contributed by atoms with van der Waals surface area (Å²) in [6.45, 7) is 8.55. The van der Waals surface area contributed by atoms with E-state index < -0.39 is 0 Å². The summed E-state index contributed by atoms with van der Waals surface area (Å²) in [5, 5.41) is 6.18. The van der Waals surface area contributed by atoms with Gasteiger partial charge in [-0.3, -0.25) is 10.1 Å². The van der Waals surface area contributed by atoms with Crippen LogP contribution in [-0.4, -0.2) is 28.0 Å². The van der Waals surface area contributed by atoms with Gasteiger partial charge >= 0.3 is 0 Å². The van der Waals surface area contributed by atoms with Crippen molar-refractivity contribution in [1.82, 2.24) is 15.3 Å². The van der Waals surface area contributed by atoms with Gasteiger partial charge in [0, 0.05) is 24.2 Å². The van der Waals surface area contributed by atoms with Gasteiger partial charge in [0.15, 0.2) is 0 Å². The predicted octanol–water partition coefficient (Wildman–Crippen LogP) is 2.16. The number of hydrogen-bond donors (Lipinski definition) is 2. The van der Waals surface area contributed by atoms with Crippen molar-refractivity contribution in [3.63, 3.8) is 0 Å². The number of amides is 1. The molecule has 0 aliphatic rings. The van der Waals surface area contributed by atoms with Crippen LogP contribution in [0.1, 0.15) is 32.9 Å². The number of aromatic nitrogens is 2. The van der Waals surface area contributed by atoms with Crippen LogP contribution in [0.2, 0.25) is 5.15 Å². The van der Waals surface area contributed by atoms with Crippen LogP contribution in [0.3, 0.4) is 0 Å². The lowest BCUT2D eigenvalue weighted by atomic mass is 10.1. The van der Waals surface area contributed by atoms with Crippen LogP contribution in [0, 0.1) is 6.92 Å². The molecule has 1 aromatic heterocycles. The predicted molar refractivity (Wildman–Crippen MR) is 72.8 cm³/mol. The molecule has 0 spiro atoms. The molecule has 100 valence electrons. The zero-order chi connectivity index (χ0) is 13.8. The molecule has 0 fully saturated rings. The third-order valence-corrected chi connectivity index (χ3v) is 2.28. The van der Waals surface area contributed by atoms with Crippen molar-refractivity contribution < 1.29 is 4.79 Å². The molecule has 0 aromatic carbocycles. The number of anilines is 1. The average Bonchev–Trinajstić information content (AvgIpc) is 2.12. The highest BCUT2D eigenvalue weighted by Gasteiger charge is 2.10. The second kappa shape index (κ2) is 6.11.